The third-order valence-corrected chi connectivity index (χ3v) is 8.34. The number of hydrogen-bond donors (Lipinski definition) is 1. The van der Waals surface area contributed by atoms with Crippen molar-refractivity contribution in [1.29, 1.82) is 0 Å². The summed E-state index contributed by atoms with van der Waals surface area (Å²) in [6.45, 7) is 0.393. The van der Waals surface area contributed by atoms with Crippen LogP contribution in [0.3, 0.4) is 0 Å². The average Bonchev–Trinajstić information content (AvgIpc) is 2.84. The molecule has 0 radical (unpaired) electrons. The van der Waals surface area contributed by atoms with Crippen LogP contribution in [0.4, 0.5) is 5.69 Å². The highest BCUT2D eigenvalue weighted by atomic mass is 79.9. The van der Waals surface area contributed by atoms with Crippen molar-refractivity contribution >= 4 is 109 Å². The Morgan fingerprint density at radius 2 is 1.46 bits per heavy atom. The molecule has 4 rings (SSSR count). The number of fused-ring (bicyclic) bond motifs is 1. The highest BCUT2D eigenvalue weighted by Crippen LogP contribution is 2.56. The molecular weight excluding hydrogens is 692 g/mol. The van der Waals surface area contributed by atoms with Crippen LogP contribution in [0, 0.1) is 0 Å². The zero-order valence-electron chi connectivity index (χ0n) is 18.5. The summed E-state index contributed by atoms with van der Waals surface area (Å²) in [7, 11) is 0. The molecular formula is C23H16BrCl7N4O2. The third kappa shape index (κ3) is 5.36. The number of aromatic nitrogens is 3. The van der Waals surface area contributed by atoms with Gasteiger partial charge in [-0.25, -0.2) is 15.0 Å². The van der Waals surface area contributed by atoms with Crippen molar-refractivity contribution in [2.45, 2.75) is 23.9 Å². The second-order valence-corrected chi connectivity index (χ2v) is 14.4. The normalized spacial score (nSPS) is 22.0. The number of aliphatic carboxylic acids is 1. The topological polar surface area (TPSA) is 79.2 Å². The molecule has 37 heavy (non-hydrogen) atoms. The van der Waals surface area contributed by atoms with Gasteiger partial charge in [0.25, 0.3) is 0 Å². The van der Waals surface area contributed by atoms with Gasteiger partial charge in [0.1, 0.15) is 4.45 Å². The van der Waals surface area contributed by atoms with Crippen molar-refractivity contribution < 1.29 is 9.90 Å². The molecule has 0 aliphatic carbocycles. The Bertz CT molecular complexity index is 1290. The lowest BCUT2D eigenvalue weighted by atomic mass is 9.69. The van der Waals surface area contributed by atoms with Gasteiger partial charge in [0.2, 0.25) is 7.59 Å². The van der Waals surface area contributed by atoms with E-state index in [4.69, 9.17) is 81.2 Å². The standard InChI is InChI=1S/C23H16BrCl7N4O2/c24-21(13-6-2-1-3-7-13)12-20(19(36)37,14-8-4-5-9-15(14)35(21)11-10-25)16-32-17(22(26,27)28)34-18(33-16)23(29,30)31/h1-9H,10-12H2,(H,36,37). The number of anilines is 1. The Hall–Kier alpha value is -0.770. The number of alkyl halides is 8. The zero-order chi connectivity index (χ0) is 27.2. The molecule has 1 aliphatic rings. The SMILES string of the molecule is O=C(O)C1(c2nc(C(Cl)(Cl)Cl)nc(C(Cl)(Cl)Cl)n2)CC(Br)(c2ccccc2)N(CCCl)c2ccccc21. The van der Waals surface area contributed by atoms with Gasteiger partial charge in [-0.1, -0.05) is 134 Å². The van der Waals surface area contributed by atoms with Crippen LogP contribution in [0.25, 0.3) is 0 Å². The smallest absolute Gasteiger partial charge is 0.322 e. The summed E-state index contributed by atoms with van der Waals surface area (Å²) in [5.41, 5.74) is -0.145. The van der Waals surface area contributed by atoms with E-state index in [1.54, 1.807) is 24.3 Å². The second-order valence-electron chi connectivity index (χ2n) is 8.17. The van der Waals surface area contributed by atoms with Crippen molar-refractivity contribution in [3.05, 3.63) is 83.2 Å². The van der Waals surface area contributed by atoms with Crippen LogP contribution in [0.1, 0.15) is 35.0 Å². The summed E-state index contributed by atoms with van der Waals surface area (Å²) in [6.07, 6.45) is -0.101. The number of nitrogens with zero attached hydrogens (tertiary/aromatic N) is 4. The number of carboxylic acid groups (broad SMARTS) is 1. The summed E-state index contributed by atoms with van der Waals surface area (Å²) in [5.74, 6) is -2.01. The minimum Gasteiger partial charge on any atom is -0.480 e. The molecule has 1 aromatic heterocycles. The number of para-hydroxylation sites is 1. The number of carboxylic acids is 1. The minimum absolute atomic E-state index is 0.101. The van der Waals surface area contributed by atoms with Crippen molar-refractivity contribution in [2.75, 3.05) is 17.3 Å². The van der Waals surface area contributed by atoms with E-state index in [0.29, 0.717) is 17.8 Å². The summed E-state index contributed by atoms with van der Waals surface area (Å²) >= 11 is 46.7. The number of benzene rings is 2. The van der Waals surface area contributed by atoms with Crippen molar-refractivity contribution in [1.82, 2.24) is 15.0 Å². The Morgan fingerprint density at radius 3 is 1.97 bits per heavy atom. The molecule has 0 spiro atoms. The molecule has 2 unspecified atom stereocenters. The van der Waals surface area contributed by atoms with Gasteiger partial charge in [-0.3, -0.25) is 4.79 Å². The highest BCUT2D eigenvalue weighted by molar-refractivity contribution is 9.09. The van der Waals surface area contributed by atoms with Crippen LogP contribution >= 0.6 is 97.1 Å². The van der Waals surface area contributed by atoms with E-state index >= 15 is 0 Å². The van der Waals surface area contributed by atoms with Gasteiger partial charge in [0, 0.05) is 30.1 Å². The Morgan fingerprint density at radius 1 is 0.919 bits per heavy atom. The number of carbonyl (C=O) groups is 1. The zero-order valence-corrected chi connectivity index (χ0v) is 25.4. The van der Waals surface area contributed by atoms with Crippen LogP contribution in [0.15, 0.2) is 54.6 Å². The Balaban J connectivity index is 2.12. The molecule has 2 heterocycles. The molecule has 1 aliphatic heterocycles. The van der Waals surface area contributed by atoms with Gasteiger partial charge in [-0.05, 0) is 11.6 Å². The van der Waals surface area contributed by atoms with Crippen LogP contribution in [-0.4, -0.2) is 38.5 Å². The Labute approximate surface area is 256 Å². The van der Waals surface area contributed by atoms with Crippen molar-refractivity contribution in [3.8, 4) is 0 Å². The van der Waals surface area contributed by atoms with Crippen LogP contribution < -0.4 is 4.90 Å². The van der Waals surface area contributed by atoms with Gasteiger partial charge in [0.05, 0.1) is 0 Å². The van der Waals surface area contributed by atoms with Gasteiger partial charge in [-0.15, -0.1) is 11.6 Å². The molecule has 3 aromatic rings. The summed E-state index contributed by atoms with van der Waals surface area (Å²) in [4.78, 5) is 28.0. The van der Waals surface area contributed by atoms with Crippen molar-refractivity contribution in [2.24, 2.45) is 0 Å². The molecule has 0 bridgehead atoms. The molecule has 0 fully saturated rings. The maximum Gasteiger partial charge on any atom is 0.322 e. The third-order valence-electron chi connectivity index (χ3n) is 6.00. The lowest BCUT2D eigenvalue weighted by molar-refractivity contribution is -0.143. The first kappa shape index (κ1) is 29.2. The summed E-state index contributed by atoms with van der Waals surface area (Å²) < 4.78 is -5.39. The highest BCUT2D eigenvalue weighted by Gasteiger charge is 2.58. The average molecular weight is 708 g/mol. The largest absolute Gasteiger partial charge is 0.480 e. The molecule has 1 N–H and O–H groups in total. The lowest BCUT2D eigenvalue weighted by Crippen LogP contribution is -2.56. The molecule has 0 amide bonds. The maximum absolute atomic E-state index is 13.4. The fourth-order valence-corrected chi connectivity index (χ4v) is 6.17. The van der Waals surface area contributed by atoms with Crippen molar-refractivity contribution in [3.63, 3.8) is 0 Å². The monoisotopic (exact) mass is 704 g/mol. The van der Waals surface area contributed by atoms with Gasteiger partial charge >= 0.3 is 5.97 Å². The molecule has 196 valence electrons. The molecule has 2 atom stereocenters. The van der Waals surface area contributed by atoms with E-state index in [9.17, 15) is 9.90 Å². The Kier molecular flexibility index (Phi) is 8.42. The van der Waals surface area contributed by atoms with Gasteiger partial charge in [-0.2, -0.15) is 0 Å². The molecule has 0 saturated carbocycles. The van der Waals surface area contributed by atoms with E-state index in [0.717, 1.165) is 5.56 Å². The minimum atomic E-state index is -2.16. The van der Waals surface area contributed by atoms with E-state index in [-0.39, 0.29) is 29.8 Å². The van der Waals surface area contributed by atoms with Crippen LogP contribution in [0.5, 0.6) is 0 Å². The molecule has 14 heteroatoms. The predicted octanol–water partition coefficient (Wildman–Crippen LogP) is 7.59. The first-order chi connectivity index (χ1) is 17.2. The second kappa shape index (κ2) is 10.7. The fourth-order valence-electron chi connectivity index (χ4n) is 4.44. The number of rotatable bonds is 5. The summed E-state index contributed by atoms with van der Waals surface area (Å²) in [6, 6.07) is 16.3. The quantitative estimate of drug-likeness (QED) is 0.218. The molecule has 6 nitrogen and oxygen atoms in total. The number of halogens is 8. The summed E-state index contributed by atoms with van der Waals surface area (Å²) in [5, 5.41) is 10.9. The molecule has 2 aromatic carbocycles. The van der Waals surface area contributed by atoms with Gasteiger partial charge < -0.3 is 10.0 Å². The predicted molar refractivity (Wildman–Crippen MR) is 153 cm³/mol. The van der Waals surface area contributed by atoms with Crippen LogP contribution in [-0.2, 0) is 22.2 Å². The van der Waals surface area contributed by atoms with Crippen LogP contribution in [0.2, 0.25) is 0 Å². The first-order valence-electron chi connectivity index (χ1n) is 10.6. The maximum atomic E-state index is 13.4. The van der Waals surface area contributed by atoms with E-state index in [2.05, 4.69) is 30.9 Å². The lowest BCUT2D eigenvalue weighted by Gasteiger charge is -2.51. The van der Waals surface area contributed by atoms with E-state index < -0.39 is 23.4 Å². The molecule has 0 saturated heterocycles. The van der Waals surface area contributed by atoms with E-state index in [1.807, 2.05) is 35.2 Å². The fraction of sp³-hybridized carbons (Fsp3) is 0.304. The number of hydrogen-bond acceptors (Lipinski definition) is 5. The van der Waals surface area contributed by atoms with E-state index in [1.165, 1.54) is 0 Å². The first-order valence-corrected chi connectivity index (χ1v) is 14.2. The van der Waals surface area contributed by atoms with Gasteiger partial charge in [0.15, 0.2) is 22.9 Å².